The van der Waals surface area contributed by atoms with Crippen molar-refractivity contribution in [3.05, 3.63) is 34.9 Å². The minimum absolute atomic E-state index is 0.0912. The van der Waals surface area contributed by atoms with E-state index in [0.717, 1.165) is 0 Å². The second-order valence-corrected chi connectivity index (χ2v) is 7.03. The van der Waals surface area contributed by atoms with Crippen LogP contribution in [0, 0.1) is 19.8 Å². The normalized spacial score (nSPS) is 18.2. The number of rotatable bonds is 5. The Morgan fingerprint density at radius 2 is 1.67 bits per heavy atom. The van der Waals surface area contributed by atoms with Gasteiger partial charge in [-0.1, -0.05) is 29.3 Å². The molecule has 0 bridgehead atoms. The molecule has 0 unspecified atom stereocenters. The van der Waals surface area contributed by atoms with E-state index in [-0.39, 0.29) is 29.8 Å². The zero-order valence-electron chi connectivity index (χ0n) is 15.1. The minimum atomic E-state index is -0.258. The second kappa shape index (κ2) is 7.79. The van der Waals surface area contributed by atoms with Crippen LogP contribution in [-0.2, 0) is 9.59 Å². The molecule has 2 atom stereocenters. The zero-order chi connectivity index (χ0) is 17.9. The Balaban J connectivity index is 1.93. The van der Waals surface area contributed by atoms with Gasteiger partial charge in [0.25, 0.3) is 0 Å². The van der Waals surface area contributed by atoms with Gasteiger partial charge in [-0.05, 0) is 46.1 Å². The van der Waals surface area contributed by atoms with Crippen LogP contribution in [0.3, 0.4) is 0 Å². The molecule has 2 amide bonds. The van der Waals surface area contributed by atoms with Gasteiger partial charge in [-0.3, -0.25) is 14.9 Å². The lowest BCUT2D eigenvalue weighted by Gasteiger charge is -2.33. The first kappa shape index (κ1) is 18.5. The van der Waals surface area contributed by atoms with E-state index in [4.69, 9.17) is 5.73 Å². The number of nitrogens with two attached hydrogens (primary N) is 1. The third-order valence-electron chi connectivity index (χ3n) is 4.82. The maximum atomic E-state index is 12.6. The quantitative estimate of drug-likeness (QED) is 0.867. The van der Waals surface area contributed by atoms with Crippen LogP contribution in [0.1, 0.15) is 49.4 Å². The molecule has 5 nitrogen and oxygen atoms in total. The summed E-state index contributed by atoms with van der Waals surface area (Å²) >= 11 is 0. The Kier molecular flexibility index (Phi) is 5.99. The van der Waals surface area contributed by atoms with Gasteiger partial charge < -0.3 is 10.6 Å². The fourth-order valence-corrected chi connectivity index (χ4v) is 3.46. The van der Waals surface area contributed by atoms with Crippen molar-refractivity contribution in [3.8, 4) is 0 Å². The average Bonchev–Trinajstić information content (AvgIpc) is 2.53. The topological polar surface area (TPSA) is 75.4 Å². The largest absolute Gasteiger partial charge is 0.369 e. The van der Waals surface area contributed by atoms with Gasteiger partial charge in [0.05, 0.1) is 6.04 Å². The summed E-state index contributed by atoms with van der Waals surface area (Å²) in [5.74, 6) is -0.252. The highest BCUT2D eigenvalue weighted by molar-refractivity contribution is 5.82. The van der Waals surface area contributed by atoms with Gasteiger partial charge in [-0.2, -0.15) is 0 Å². The number of carbonyl (C=O) groups excluding carboxylic acids is 2. The van der Waals surface area contributed by atoms with Crippen molar-refractivity contribution in [2.24, 2.45) is 11.7 Å². The number of benzene rings is 1. The van der Waals surface area contributed by atoms with Crippen LogP contribution in [0.25, 0.3) is 0 Å². The number of piperidine rings is 1. The van der Waals surface area contributed by atoms with Crippen LogP contribution in [0.5, 0.6) is 0 Å². The monoisotopic (exact) mass is 331 g/mol. The molecule has 1 aromatic carbocycles. The van der Waals surface area contributed by atoms with Crippen molar-refractivity contribution in [1.29, 1.82) is 0 Å². The number of primary amides is 1. The minimum Gasteiger partial charge on any atom is -0.369 e. The molecule has 0 saturated carbocycles. The predicted molar refractivity (Wildman–Crippen MR) is 95.4 cm³/mol. The van der Waals surface area contributed by atoms with E-state index in [0.29, 0.717) is 25.9 Å². The van der Waals surface area contributed by atoms with Crippen molar-refractivity contribution in [1.82, 2.24) is 10.2 Å². The number of hydrogen-bond acceptors (Lipinski definition) is 3. The van der Waals surface area contributed by atoms with Crippen LogP contribution in [0.4, 0.5) is 0 Å². The summed E-state index contributed by atoms with van der Waals surface area (Å²) in [6, 6.07) is 6.30. The van der Waals surface area contributed by atoms with Gasteiger partial charge >= 0.3 is 0 Å². The molecule has 1 saturated heterocycles. The van der Waals surface area contributed by atoms with Crippen LogP contribution < -0.4 is 11.1 Å². The van der Waals surface area contributed by atoms with Gasteiger partial charge in [-0.15, -0.1) is 0 Å². The van der Waals surface area contributed by atoms with Crippen molar-refractivity contribution in [2.45, 2.75) is 52.6 Å². The Morgan fingerprint density at radius 3 is 2.17 bits per heavy atom. The summed E-state index contributed by atoms with van der Waals surface area (Å²) in [4.78, 5) is 25.7. The molecule has 1 aromatic rings. The smallest absolute Gasteiger partial charge is 0.239 e. The molecule has 2 rings (SSSR count). The lowest BCUT2D eigenvalue weighted by Crippen LogP contribution is -2.49. The highest BCUT2D eigenvalue weighted by atomic mass is 16.2. The highest BCUT2D eigenvalue weighted by Crippen LogP contribution is 2.20. The SMILES string of the molecule is Cc1cc(C)cc([C@H](C)N[C@H](C)C(=O)N2CCC(C(N)=O)CC2)c1. The fraction of sp³-hybridized carbons (Fsp3) is 0.579. The molecular formula is C19H29N3O2. The van der Waals surface area contributed by atoms with E-state index in [1.54, 1.807) is 0 Å². The first-order chi connectivity index (χ1) is 11.3. The van der Waals surface area contributed by atoms with E-state index in [9.17, 15) is 9.59 Å². The van der Waals surface area contributed by atoms with Crippen LogP contribution in [-0.4, -0.2) is 35.8 Å². The van der Waals surface area contributed by atoms with Crippen molar-refractivity contribution in [3.63, 3.8) is 0 Å². The standard InChI is InChI=1S/C19H29N3O2/c1-12-9-13(2)11-17(10-12)14(3)21-15(4)19(24)22-7-5-16(6-8-22)18(20)23/h9-11,14-16,21H,5-8H2,1-4H3,(H2,20,23)/t14-,15+/m0/s1. The molecule has 1 heterocycles. The maximum absolute atomic E-state index is 12.6. The third-order valence-corrected chi connectivity index (χ3v) is 4.82. The summed E-state index contributed by atoms with van der Waals surface area (Å²) in [6.07, 6.45) is 1.33. The van der Waals surface area contributed by atoms with Gasteiger partial charge in [0, 0.05) is 25.0 Å². The van der Waals surface area contributed by atoms with E-state index >= 15 is 0 Å². The molecule has 24 heavy (non-hydrogen) atoms. The summed E-state index contributed by atoms with van der Waals surface area (Å²) in [6.45, 7) is 9.37. The molecule has 1 aliphatic rings. The molecular weight excluding hydrogens is 302 g/mol. The lowest BCUT2D eigenvalue weighted by molar-refractivity contribution is -0.136. The maximum Gasteiger partial charge on any atom is 0.239 e. The summed E-state index contributed by atoms with van der Waals surface area (Å²) in [5.41, 5.74) is 9.00. The molecule has 1 fully saturated rings. The van der Waals surface area contributed by atoms with Crippen molar-refractivity contribution in [2.75, 3.05) is 13.1 Å². The van der Waals surface area contributed by atoms with Gasteiger partial charge in [0.2, 0.25) is 11.8 Å². The van der Waals surface area contributed by atoms with Crippen LogP contribution in [0.2, 0.25) is 0 Å². The molecule has 1 aliphatic heterocycles. The van der Waals surface area contributed by atoms with E-state index in [2.05, 4.69) is 44.3 Å². The lowest BCUT2D eigenvalue weighted by atomic mass is 9.96. The molecule has 0 aromatic heterocycles. The second-order valence-electron chi connectivity index (χ2n) is 7.03. The first-order valence-corrected chi connectivity index (χ1v) is 8.70. The van der Waals surface area contributed by atoms with Crippen molar-refractivity contribution < 1.29 is 9.59 Å². The number of amides is 2. The molecule has 0 spiro atoms. The highest BCUT2D eigenvalue weighted by Gasteiger charge is 2.28. The molecule has 0 radical (unpaired) electrons. The van der Waals surface area contributed by atoms with Gasteiger partial charge in [0.15, 0.2) is 0 Å². The summed E-state index contributed by atoms with van der Waals surface area (Å²) in [7, 11) is 0. The van der Waals surface area contributed by atoms with E-state index < -0.39 is 0 Å². The third kappa shape index (κ3) is 4.57. The number of hydrogen-bond donors (Lipinski definition) is 2. The first-order valence-electron chi connectivity index (χ1n) is 8.70. The predicted octanol–water partition coefficient (Wildman–Crippen LogP) is 2.07. The molecule has 3 N–H and O–H groups in total. The summed E-state index contributed by atoms with van der Waals surface area (Å²) < 4.78 is 0. The number of carbonyl (C=O) groups is 2. The Morgan fingerprint density at radius 1 is 1.12 bits per heavy atom. The average molecular weight is 331 g/mol. The Bertz CT molecular complexity index is 586. The van der Waals surface area contributed by atoms with Gasteiger partial charge in [-0.25, -0.2) is 0 Å². The van der Waals surface area contributed by atoms with Gasteiger partial charge in [0.1, 0.15) is 0 Å². The number of likely N-dealkylation sites (tertiary alicyclic amines) is 1. The number of nitrogens with zero attached hydrogens (tertiary/aromatic N) is 1. The molecule has 5 heteroatoms. The molecule has 0 aliphatic carbocycles. The van der Waals surface area contributed by atoms with E-state index in [1.807, 2.05) is 11.8 Å². The summed E-state index contributed by atoms with van der Waals surface area (Å²) in [5, 5.41) is 3.40. The number of aryl methyl sites for hydroxylation is 2. The molecule has 132 valence electrons. The fourth-order valence-electron chi connectivity index (χ4n) is 3.46. The number of nitrogens with one attached hydrogen (secondary N) is 1. The Labute approximate surface area is 144 Å². The van der Waals surface area contributed by atoms with Crippen LogP contribution >= 0.6 is 0 Å². The zero-order valence-corrected chi connectivity index (χ0v) is 15.1. The van der Waals surface area contributed by atoms with Crippen LogP contribution in [0.15, 0.2) is 18.2 Å². The van der Waals surface area contributed by atoms with E-state index in [1.165, 1.54) is 16.7 Å². The Hall–Kier alpha value is -1.88. The van der Waals surface area contributed by atoms with Crippen molar-refractivity contribution >= 4 is 11.8 Å².